The van der Waals surface area contributed by atoms with E-state index >= 15 is 0 Å². The molecule has 2 N–H and O–H groups in total. The summed E-state index contributed by atoms with van der Waals surface area (Å²) in [5.41, 5.74) is 4.64. The molecule has 186 valence electrons. The predicted molar refractivity (Wildman–Crippen MR) is 133 cm³/mol. The highest BCUT2D eigenvalue weighted by Crippen LogP contribution is 2.44. The molecule has 0 bridgehead atoms. The Hall–Kier alpha value is -3.35. The first-order chi connectivity index (χ1) is 17.0. The molecule has 1 saturated heterocycles. The maximum Gasteiger partial charge on any atom is 0.407 e. The number of aliphatic carboxylic acids is 1. The van der Waals surface area contributed by atoms with Crippen molar-refractivity contribution in [3.05, 3.63) is 59.7 Å². The molecule has 1 fully saturated rings. The van der Waals surface area contributed by atoms with E-state index in [1.807, 2.05) is 31.2 Å². The minimum atomic E-state index is -0.892. The number of carboxylic acids is 1. The van der Waals surface area contributed by atoms with Crippen LogP contribution in [0.1, 0.15) is 68.9 Å². The second kappa shape index (κ2) is 11.4. The second-order valence-corrected chi connectivity index (χ2v) is 9.49. The van der Waals surface area contributed by atoms with Gasteiger partial charge >= 0.3 is 12.1 Å². The van der Waals surface area contributed by atoms with Crippen molar-refractivity contribution < 1.29 is 24.2 Å². The Bertz CT molecular complexity index is 1020. The van der Waals surface area contributed by atoms with Gasteiger partial charge in [0.05, 0.1) is 6.42 Å². The Morgan fingerprint density at radius 3 is 2.34 bits per heavy atom. The second-order valence-electron chi connectivity index (χ2n) is 9.49. The van der Waals surface area contributed by atoms with Crippen molar-refractivity contribution in [2.75, 3.05) is 13.2 Å². The molecule has 4 rings (SSSR count). The zero-order valence-electron chi connectivity index (χ0n) is 20.2. The number of carbonyl (C=O) groups excluding carboxylic acids is 2. The van der Waals surface area contributed by atoms with Crippen molar-refractivity contribution in [2.24, 2.45) is 0 Å². The number of rotatable bonds is 9. The van der Waals surface area contributed by atoms with Gasteiger partial charge in [0.2, 0.25) is 5.91 Å². The average Bonchev–Trinajstić information content (AvgIpc) is 3.16. The van der Waals surface area contributed by atoms with Gasteiger partial charge in [0, 0.05) is 31.0 Å². The number of ether oxygens (including phenoxy) is 1. The van der Waals surface area contributed by atoms with Gasteiger partial charge in [-0.1, -0.05) is 61.9 Å². The SMILES string of the molecule is CCC[C@H](CC(=O)N1CCCC[C@H]1CC(=O)O)NC(=O)OCC1c2ccccc2-c2ccccc21. The first kappa shape index (κ1) is 24.8. The molecule has 0 spiro atoms. The number of carboxylic acid groups (broad SMARTS) is 1. The summed E-state index contributed by atoms with van der Waals surface area (Å²) in [6.07, 6.45) is 3.54. The third kappa shape index (κ3) is 5.84. The van der Waals surface area contributed by atoms with Gasteiger partial charge in [-0.05, 0) is 47.9 Å². The molecular weight excluding hydrogens is 444 g/mol. The molecule has 7 heteroatoms. The molecule has 7 nitrogen and oxygen atoms in total. The average molecular weight is 479 g/mol. The van der Waals surface area contributed by atoms with Crippen LogP contribution < -0.4 is 5.32 Å². The summed E-state index contributed by atoms with van der Waals surface area (Å²) in [5.74, 6) is -1.02. The van der Waals surface area contributed by atoms with Crippen molar-refractivity contribution in [1.29, 1.82) is 0 Å². The summed E-state index contributed by atoms with van der Waals surface area (Å²) < 4.78 is 5.66. The quantitative estimate of drug-likeness (QED) is 0.532. The number of nitrogens with zero attached hydrogens (tertiary/aromatic N) is 1. The number of fused-ring (bicyclic) bond motifs is 3. The molecule has 2 aromatic rings. The minimum Gasteiger partial charge on any atom is -0.481 e. The largest absolute Gasteiger partial charge is 0.481 e. The maximum atomic E-state index is 13.0. The number of likely N-dealkylation sites (tertiary alicyclic amines) is 1. The van der Waals surface area contributed by atoms with Crippen molar-refractivity contribution >= 4 is 18.0 Å². The van der Waals surface area contributed by atoms with Gasteiger partial charge < -0.3 is 20.1 Å². The lowest BCUT2D eigenvalue weighted by Gasteiger charge is -2.36. The normalized spacial score (nSPS) is 17.9. The van der Waals surface area contributed by atoms with E-state index in [1.54, 1.807) is 4.90 Å². The molecule has 2 atom stereocenters. The third-order valence-electron chi connectivity index (χ3n) is 7.08. The minimum absolute atomic E-state index is 0.0236. The van der Waals surface area contributed by atoms with E-state index in [4.69, 9.17) is 4.74 Å². The van der Waals surface area contributed by atoms with E-state index in [1.165, 1.54) is 11.1 Å². The first-order valence-electron chi connectivity index (χ1n) is 12.6. The van der Waals surface area contributed by atoms with Crippen LogP contribution in [0.3, 0.4) is 0 Å². The highest BCUT2D eigenvalue weighted by atomic mass is 16.5. The fraction of sp³-hybridized carbons (Fsp3) is 0.464. The summed E-state index contributed by atoms with van der Waals surface area (Å²) in [6.45, 7) is 2.80. The van der Waals surface area contributed by atoms with Gasteiger partial charge in [-0.15, -0.1) is 0 Å². The van der Waals surface area contributed by atoms with E-state index in [9.17, 15) is 19.5 Å². The van der Waals surface area contributed by atoms with Gasteiger partial charge in [0.1, 0.15) is 6.61 Å². The van der Waals surface area contributed by atoms with Gasteiger partial charge in [0.25, 0.3) is 0 Å². The lowest BCUT2D eigenvalue weighted by Crippen LogP contribution is -2.47. The Morgan fingerprint density at radius 2 is 1.71 bits per heavy atom. The lowest BCUT2D eigenvalue weighted by atomic mass is 9.97. The predicted octanol–water partition coefficient (Wildman–Crippen LogP) is 4.94. The number of hydrogen-bond donors (Lipinski definition) is 2. The molecule has 1 heterocycles. The zero-order chi connectivity index (χ0) is 24.8. The van der Waals surface area contributed by atoms with E-state index in [2.05, 4.69) is 29.6 Å². The van der Waals surface area contributed by atoms with E-state index in [0.29, 0.717) is 19.4 Å². The fourth-order valence-electron chi connectivity index (χ4n) is 5.45. The van der Waals surface area contributed by atoms with Crippen LogP contribution in [0, 0.1) is 0 Å². The molecule has 0 unspecified atom stereocenters. The van der Waals surface area contributed by atoms with Crippen molar-refractivity contribution in [2.45, 2.75) is 69.9 Å². The van der Waals surface area contributed by atoms with Gasteiger partial charge in [-0.3, -0.25) is 9.59 Å². The number of hydrogen-bond acceptors (Lipinski definition) is 4. The van der Waals surface area contributed by atoms with Crippen molar-refractivity contribution in [3.8, 4) is 11.1 Å². The number of alkyl carbamates (subject to hydrolysis) is 1. The number of benzene rings is 2. The van der Waals surface area contributed by atoms with Crippen molar-refractivity contribution in [1.82, 2.24) is 10.2 Å². The highest BCUT2D eigenvalue weighted by Gasteiger charge is 2.31. The van der Waals surface area contributed by atoms with Crippen LogP contribution in [-0.4, -0.2) is 53.2 Å². The fourth-order valence-corrected chi connectivity index (χ4v) is 5.45. The molecule has 2 amide bonds. The van der Waals surface area contributed by atoms with Gasteiger partial charge in [-0.25, -0.2) is 4.79 Å². The van der Waals surface area contributed by atoms with E-state index in [0.717, 1.165) is 30.4 Å². The van der Waals surface area contributed by atoms with Crippen LogP contribution in [0.4, 0.5) is 4.79 Å². The standard InChI is InChI=1S/C28H34N2O5/c1-2-9-19(16-26(31)30-15-8-7-10-20(30)17-27(32)33)29-28(34)35-18-25-23-13-5-3-11-21(23)22-12-4-6-14-24(22)25/h3-6,11-14,19-20,25H,2,7-10,15-18H2,1H3,(H,29,34)(H,32,33)/t19-,20+/m1/s1. The summed E-state index contributed by atoms with van der Waals surface area (Å²) in [7, 11) is 0. The van der Waals surface area contributed by atoms with Crippen LogP contribution in [0.5, 0.6) is 0 Å². The number of piperidine rings is 1. The number of amides is 2. The Labute approximate surface area is 206 Å². The van der Waals surface area contributed by atoms with Crippen LogP contribution in [0.15, 0.2) is 48.5 Å². The molecule has 2 aromatic carbocycles. The lowest BCUT2D eigenvalue weighted by molar-refractivity contribution is -0.142. The molecule has 0 saturated carbocycles. The smallest absolute Gasteiger partial charge is 0.407 e. The Morgan fingerprint density at radius 1 is 1.06 bits per heavy atom. The van der Waals surface area contributed by atoms with Crippen LogP contribution in [-0.2, 0) is 14.3 Å². The highest BCUT2D eigenvalue weighted by molar-refractivity contribution is 5.80. The van der Waals surface area contributed by atoms with Crippen LogP contribution in [0.25, 0.3) is 11.1 Å². The topological polar surface area (TPSA) is 95.9 Å². The molecule has 0 aromatic heterocycles. The number of nitrogens with one attached hydrogen (secondary N) is 1. The van der Waals surface area contributed by atoms with Gasteiger partial charge in [0.15, 0.2) is 0 Å². The van der Waals surface area contributed by atoms with E-state index < -0.39 is 12.1 Å². The molecule has 35 heavy (non-hydrogen) atoms. The molecule has 2 aliphatic rings. The van der Waals surface area contributed by atoms with Crippen LogP contribution >= 0.6 is 0 Å². The maximum absolute atomic E-state index is 13.0. The molecule has 1 aliphatic heterocycles. The Balaban J connectivity index is 1.36. The summed E-state index contributed by atoms with van der Waals surface area (Å²) in [5, 5.41) is 12.1. The monoisotopic (exact) mass is 478 g/mol. The molecule has 0 radical (unpaired) electrons. The van der Waals surface area contributed by atoms with Gasteiger partial charge in [-0.2, -0.15) is 0 Å². The van der Waals surface area contributed by atoms with E-state index in [-0.39, 0.29) is 43.4 Å². The number of carbonyl (C=O) groups is 3. The van der Waals surface area contributed by atoms with Crippen LogP contribution in [0.2, 0.25) is 0 Å². The summed E-state index contributed by atoms with van der Waals surface area (Å²) >= 11 is 0. The summed E-state index contributed by atoms with van der Waals surface area (Å²) in [6, 6.07) is 15.7. The van der Waals surface area contributed by atoms with Crippen molar-refractivity contribution in [3.63, 3.8) is 0 Å². The summed E-state index contributed by atoms with van der Waals surface area (Å²) in [4.78, 5) is 38.7. The molecular formula is C28H34N2O5. The third-order valence-corrected chi connectivity index (χ3v) is 7.08. The molecule has 1 aliphatic carbocycles. The first-order valence-corrected chi connectivity index (χ1v) is 12.6. The zero-order valence-corrected chi connectivity index (χ0v) is 20.2. The Kier molecular flexibility index (Phi) is 8.06.